The molecule has 2 heterocycles. The summed E-state index contributed by atoms with van der Waals surface area (Å²) in [7, 11) is 0. The van der Waals surface area contributed by atoms with Crippen molar-refractivity contribution < 1.29 is 64.6 Å². The SMILES string of the molecule is CCCCCCCCCCCCCCCCCCCCCCCCC/C=C/CC/C=C/CC/C=C/C(O)C(COC1OC(CO)C(OC2OC(CO)C(O)C(O)C2O)C(O)C1O)NC(=O)CCCCCCCCCCCCCCCCCCCCCC. The summed E-state index contributed by atoms with van der Waals surface area (Å²) in [4.78, 5) is 13.3. The number of amides is 1. The zero-order valence-electron chi connectivity index (χ0n) is 55.8. The van der Waals surface area contributed by atoms with Crippen LogP contribution in [0.2, 0.25) is 0 Å². The van der Waals surface area contributed by atoms with E-state index in [1.54, 1.807) is 6.08 Å². The van der Waals surface area contributed by atoms with Crippen molar-refractivity contribution in [3.63, 3.8) is 0 Å². The van der Waals surface area contributed by atoms with E-state index >= 15 is 0 Å². The van der Waals surface area contributed by atoms with E-state index in [2.05, 4.69) is 43.5 Å². The van der Waals surface area contributed by atoms with Gasteiger partial charge in [-0.25, -0.2) is 0 Å². The molecule has 9 N–H and O–H groups in total. The van der Waals surface area contributed by atoms with Crippen molar-refractivity contribution >= 4 is 5.91 Å². The van der Waals surface area contributed by atoms with Crippen molar-refractivity contribution in [1.82, 2.24) is 5.32 Å². The molecule has 2 rings (SSSR count). The molecule has 12 atom stereocenters. The van der Waals surface area contributed by atoms with E-state index < -0.39 is 86.8 Å². The number of carbonyl (C=O) groups excluding carboxylic acids is 1. The first-order valence-corrected chi connectivity index (χ1v) is 36.7. The van der Waals surface area contributed by atoms with Gasteiger partial charge in [-0.15, -0.1) is 0 Å². The average molecular weight is 1240 g/mol. The maximum Gasteiger partial charge on any atom is 0.220 e. The van der Waals surface area contributed by atoms with Crippen LogP contribution >= 0.6 is 0 Å². The normalized spacial score (nSPS) is 23.4. The first-order chi connectivity index (χ1) is 42.6. The van der Waals surface area contributed by atoms with Gasteiger partial charge in [0.2, 0.25) is 5.91 Å². The van der Waals surface area contributed by atoms with Gasteiger partial charge in [0.15, 0.2) is 12.6 Å². The number of allylic oxidation sites excluding steroid dienone is 5. The minimum absolute atomic E-state index is 0.247. The van der Waals surface area contributed by atoms with E-state index in [1.807, 2.05) is 6.08 Å². The van der Waals surface area contributed by atoms with E-state index in [0.717, 1.165) is 44.9 Å². The highest BCUT2D eigenvalue weighted by Crippen LogP contribution is 2.30. The van der Waals surface area contributed by atoms with E-state index in [-0.39, 0.29) is 18.9 Å². The van der Waals surface area contributed by atoms with Gasteiger partial charge in [-0.2, -0.15) is 0 Å². The molecule has 14 nitrogen and oxygen atoms in total. The molecule has 0 radical (unpaired) electrons. The molecule has 12 unspecified atom stereocenters. The molecule has 0 aliphatic carbocycles. The van der Waals surface area contributed by atoms with Gasteiger partial charge < -0.3 is 65.1 Å². The Morgan fingerprint density at radius 1 is 0.402 bits per heavy atom. The van der Waals surface area contributed by atoms with Gasteiger partial charge in [-0.1, -0.05) is 314 Å². The second-order valence-electron chi connectivity index (χ2n) is 26.1. The Balaban J connectivity index is 1.67. The smallest absolute Gasteiger partial charge is 0.220 e. The lowest BCUT2D eigenvalue weighted by Crippen LogP contribution is -2.65. The van der Waals surface area contributed by atoms with Gasteiger partial charge in [0.1, 0.15) is 48.8 Å². The molecule has 2 fully saturated rings. The predicted octanol–water partition coefficient (Wildman–Crippen LogP) is 15.3. The fourth-order valence-electron chi connectivity index (χ4n) is 12.2. The summed E-state index contributed by atoms with van der Waals surface area (Å²) in [6, 6.07) is -0.937. The number of unbranched alkanes of at least 4 members (excludes halogenated alkanes) is 44. The monoisotopic (exact) mass is 1240 g/mol. The number of ether oxygens (including phenoxy) is 4. The molecule has 512 valence electrons. The second-order valence-corrected chi connectivity index (χ2v) is 26.1. The van der Waals surface area contributed by atoms with Crippen LogP contribution in [0.1, 0.15) is 328 Å². The standard InChI is InChI=1S/C73H137NO13/c1-3-5-7-9-11-13-15-17-19-21-23-25-26-27-28-29-30-31-32-33-34-35-36-37-38-40-42-44-46-48-50-52-54-56-62(77)61(74-65(78)57-55-53-51-49-47-45-43-41-39-24-22-20-18-16-14-12-10-8-6-4-2)60-84-72-70(83)68(81)71(64(59-76)86-72)87-73-69(82)67(80)66(79)63(58-75)85-73/h38,40,46,48,54,56,61-64,66-73,75-77,79-83H,3-37,39,41-45,47,49-53,55,57-60H2,1-2H3,(H,74,78)/b40-38+,48-46+,56-54+. The molecule has 0 aromatic carbocycles. The lowest BCUT2D eigenvalue weighted by molar-refractivity contribution is -0.359. The van der Waals surface area contributed by atoms with Crippen LogP contribution < -0.4 is 5.32 Å². The highest BCUT2D eigenvalue weighted by molar-refractivity contribution is 5.76. The van der Waals surface area contributed by atoms with E-state index in [4.69, 9.17) is 18.9 Å². The van der Waals surface area contributed by atoms with Crippen molar-refractivity contribution in [2.45, 2.75) is 402 Å². The maximum atomic E-state index is 13.3. The molecule has 2 aliphatic heterocycles. The third-order valence-electron chi connectivity index (χ3n) is 18.1. The third-order valence-corrected chi connectivity index (χ3v) is 18.1. The number of aliphatic hydroxyl groups is 8. The van der Waals surface area contributed by atoms with Crippen LogP contribution in [0.5, 0.6) is 0 Å². The summed E-state index contributed by atoms with van der Waals surface area (Å²) in [6.07, 6.45) is 57.9. The van der Waals surface area contributed by atoms with E-state index in [9.17, 15) is 45.6 Å². The summed E-state index contributed by atoms with van der Waals surface area (Å²) in [6.45, 7) is 2.83. The molecule has 14 heteroatoms. The van der Waals surface area contributed by atoms with Crippen LogP contribution in [0, 0.1) is 0 Å². The molecule has 0 aromatic rings. The van der Waals surface area contributed by atoms with Gasteiger partial charge in [-0.3, -0.25) is 4.79 Å². The minimum Gasteiger partial charge on any atom is -0.394 e. The second kappa shape index (κ2) is 58.1. The number of hydrogen-bond donors (Lipinski definition) is 9. The quantitative estimate of drug-likeness (QED) is 0.0204. The first-order valence-electron chi connectivity index (χ1n) is 36.7. The van der Waals surface area contributed by atoms with Crippen LogP contribution in [-0.2, 0) is 23.7 Å². The number of nitrogens with one attached hydrogen (secondary N) is 1. The Kier molecular flexibility index (Phi) is 54.3. The Morgan fingerprint density at radius 2 is 0.736 bits per heavy atom. The molecule has 0 saturated carbocycles. The van der Waals surface area contributed by atoms with Gasteiger partial charge >= 0.3 is 0 Å². The molecule has 0 bridgehead atoms. The van der Waals surface area contributed by atoms with Crippen LogP contribution in [0.3, 0.4) is 0 Å². The minimum atomic E-state index is -1.79. The zero-order valence-corrected chi connectivity index (χ0v) is 55.8. The summed E-state index contributed by atoms with van der Waals surface area (Å²) >= 11 is 0. The third kappa shape index (κ3) is 42.1. The first kappa shape index (κ1) is 81.3. The van der Waals surface area contributed by atoms with Crippen LogP contribution in [0.15, 0.2) is 36.5 Å². The molecule has 0 spiro atoms. The fourth-order valence-corrected chi connectivity index (χ4v) is 12.2. The van der Waals surface area contributed by atoms with Crippen molar-refractivity contribution in [1.29, 1.82) is 0 Å². The topological polar surface area (TPSA) is 228 Å². The van der Waals surface area contributed by atoms with Crippen molar-refractivity contribution in [3.05, 3.63) is 36.5 Å². The van der Waals surface area contributed by atoms with E-state index in [0.29, 0.717) is 12.8 Å². The van der Waals surface area contributed by atoms with Gasteiger partial charge in [0.05, 0.1) is 32.0 Å². The van der Waals surface area contributed by atoms with Crippen molar-refractivity contribution in [2.24, 2.45) is 0 Å². The highest BCUT2D eigenvalue weighted by atomic mass is 16.7. The molecular formula is C73H137NO13. The molecule has 2 aliphatic rings. The van der Waals surface area contributed by atoms with Crippen LogP contribution in [0.4, 0.5) is 0 Å². The Hall–Kier alpha value is -1.79. The Bertz CT molecular complexity index is 1600. The highest BCUT2D eigenvalue weighted by Gasteiger charge is 2.51. The van der Waals surface area contributed by atoms with Crippen LogP contribution in [-0.4, -0.2) is 140 Å². The van der Waals surface area contributed by atoms with Gasteiger partial charge in [0.25, 0.3) is 0 Å². The maximum absolute atomic E-state index is 13.3. The largest absolute Gasteiger partial charge is 0.394 e. The molecule has 1 amide bonds. The van der Waals surface area contributed by atoms with Crippen molar-refractivity contribution in [2.75, 3.05) is 19.8 Å². The molecule has 0 aromatic heterocycles. The predicted molar refractivity (Wildman–Crippen MR) is 355 cm³/mol. The number of aliphatic hydroxyl groups excluding tert-OH is 8. The fraction of sp³-hybridized carbons (Fsp3) is 0.904. The summed E-state index contributed by atoms with van der Waals surface area (Å²) in [5, 5.41) is 87.4. The number of rotatable bonds is 61. The van der Waals surface area contributed by atoms with Crippen molar-refractivity contribution in [3.8, 4) is 0 Å². The van der Waals surface area contributed by atoms with Crippen LogP contribution in [0.25, 0.3) is 0 Å². The summed E-state index contributed by atoms with van der Waals surface area (Å²) in [5.74, 6) is -0.247. The molecule has 87 heavy (non-hydrogen) atoms. The lowest BCUT2D eigenvalue weighted by Gasteiger charge is -2.46. The lowest BCUT2D eigenvalue weighted by atomic mass is 9.97. The Morgan fingerprint density at radius 3 is 1.13 bits per heavy atom. The molecular weight excluding hydrogens is 1100 g/mol. The summed E-state index contributed by atoms with van der Waals surface area (Å²) in [5.41, 5.74) is 0. The average Bonchev–Trinajstić information content (AvgIpc) is 2.50. The van der Waals surface area contributed by atoms with Gasteiger partial charge in [-0.05, 0) is 44.9 Å². The summed E-state index contributed by atoms with van der Waals surface area (Å²) < 4.78 is 22.8. The zero-order chi connectivity index (χ0) is 63.1. The number of hydrogen-bond acceptors (Lipinski definition) is 13. The number of carbonyl (C=O) groups is 1. The molecule has 2 saturated heterocycles. The Labute approximate surface area is 531 Å². The van der Waals surface area contributed by atoms with Gasteiger partial charge in [0, 0.05) is 6.42 Å². The van der Waals surface area contributed by atoms with E-state index in [1.165, 1.54) is 250 Å².